The molecule has 0 bridgehead atoms. The SMILES string of the molecule is O=C(c1n[nH]c(=O)c2ccccc12)N1CCCCc2ccccc21. The Bertz CT molecular complexity index is 978. The summed E-state index contributed by atoms with van der Waals surface area (Å²) in [6.45, 7) is 0.658. The van der Waals surface area contributed by atoms with E-state index in [0.29, 0.717) is 23.0 Å². The van der Waals surface area contributed by atoms with E-state index < -0.39 is 0 Å². The summed E-state index contributed by atoms with van der Waals surface area (Å²) in [5.41, 5.74) is 2.13. The van der Waals surface area contributed by atoms with E-state index in [9.17, 15) is 9.59 Å². The zero-order valence-electron chi connectivity index (χ0n) is 13.2. The number of aromatic nitrogens is 2. The molecular weight excluding hydrogens is 302 g/mol. The van der Waals surface area contributed by atoms with E-state index in [4.69, 9.17) is 0 Å². The molecule has 0 spiro atoms. The Morgan fingerprint density at radius 2 is 1.75 bits per heavy atom. The van der Waals surface area contributed by atoms with Crippen LogP contribution in [0.2, 0.25) is 0 Å². The highest BCUT2D eigenvalue weighted by Crippen LogP contribution is 2.28. The number of hydrogen-bond acceptors (Lipinski definition) is 3. The average molecular weight is 319 g/mol. The molecule has 1 amide bonds. The summed E-state index contributed by atoms with van der Waals surface area (Å²) >= 11 is 0. The van der Waals surface area contributed by atoms with Crippen LogP contribution < -0.4 is 10.5 Å². The molecule has 1 N–H and O–H groups in total. The molecule has 2 aromatic carbocycles. The van der Waals surface area contributed by atoms with E-state index in [1.165, 1.54) is 5.56 Å². The first-order chi connectivity index (χ1) is 11.8. The largest absolute Gasteiger partial charge is 0.307 e. The van der Waals surface area contributed by atoms with Crippen molar-refractivity contribution in [1.29, 1.82) is 0 Å². The van der Waals surface area contributed by atoms with E-state index in [1.807, 2.05) is 24.3 Å². The summed E-state index contributed by atoms with van der Waals surface area (Å²) in [5, 5.41) is 7.58. The molecule has 120 valence electrons. The number of anilines is 1. The molecule has 1 aliphatic rings. The highest BCUT2D eigenvalue weighted by Gasteiger charge is 2.25. The lowest BCUT2D eigenvalue weighted by molar-refractivity contribution is 0.0983. The predicted molar refractivity (Wildman–Crippen MR) is 93.4 cm³/mol. The number of hydrogen-bond donors (Lipinski definition) is 1. The van der Waals surface area contributed by atoms with Crippen molar-refractivity contribution >= 4 is 22.4 Å². The van der Waals surface area contributed by atoms with Crippen LogP contribution in [0.1, 0.15) is 28.9 Å². The van der Waals surface area contributed by atoms with Crippen LogP contribution in [0, 0.1) is 0 Å². The Labute approximate surface area is 138 Å². The molecule has 4 rings (SSSR count). The standard InChI is InChI=1S/C19H17N3O2/c23-18-15-10-3-2-9-14(15)17(20-21-18)19(24)22-12-6-5-8-13-7-1-4-11-16(13)22/h1-4,7,9-11H,5-6,8,12H2,(H,21,23). The molecule has 0 fully saturated rings. The highest BCUT2D eigenvalue weighted by atomic mass is 16.2. The highest BCUT2D eigenvalue weighted by molar-refractivity contribution is 6.12. The van der Waals surface area contributed by atoms with Crippen LogP contribution >= 0.6 is 0 Å². The van der Waals surface area contributed by atoms with E-state index in [0.717, 1.165) is 24.9 Å². The molecule has 0 atom stereocenters. The fourth-order valence-electron chi connectivity index (χ4n) is 3.31. The van der Waals surface area contributed by atoms with Crippen molar-refractivity contribution < 1.29 is 4.79 Å². The summed E-state index contributed by atoms with van der Waals surface area (Å²) in [7, 11) is 0. The Hall–Kier alpha value is -2.95. The number of H-pyrrole nitrogens is 1. The zero-order valence-corrected chi connectivity index (χ0v) is 13.2. The van der Waals surface area contributed by atoms with E-state index in [1.54, 1.807) is 23.1 Å². The number of fused-ring (bicyclic) bond motifs is 2. The van der Waals surface area contributed by atoms with Crippen molar-refractivity contribution in [1.82, 2.24) is 10.2 Å². The van der Waals surface area contributed by atoms with Crippen LogP contribution in [0.4, 0.5) is 5.69 Å². The minimum Gasteiger partial charge on any atom is -0.307 e. The Balaban J connectivity index is 1.86. The lowest BCUT2D eigenvalue weighted by Gasteiger charge is -2.22. The third-order valence-corrected chi connectivity index (χ3v) is 4.50. The van der Waals surface area contributed by atoms with Crippen LogP contribution in [0.15, 0.2) is 53.3 Å². The van der Waals surface area contributed by atoms with E-state index in [-0.39, 0.29) is 11.5 Å². The summed E-state index contributed by atoms with van der Waals surface area (Å²) < 4.78 is 0. The minimum absolute atomic E-state index is 0.170. The lowest BCUT2D eigenvalue weighted by atomic mass is 10.1. The van der Waals surface area contributed by atoms with Gasteiger partial charge < -0.3 is 4.90 Å². The first kappa shape index (κ1) is 14.6. The summed E-state index contributed by atoms with van der Waals surface area (Å²) in [6.07, 6.45) is 2.97. The zero-order chi connectivity index (χ0) is 16.5. The fraction of sp³-hybridized carbons (Fsp3) is 0.211. The minimum atomic E-state index is -0.279. The number of para-hydroxylation sites is 1. The van der Waals surface area contributed by atoms with Crippen molar-refractivity contribution in [2.24, 2.45) is 0 Å². The summed E-state index contributed by atoms with van der Waals surface area (Å²) in [5.74, 6) is -0.170. The van der Waals surface area contributed by atoms with Crippen molar-refractivity contribution in [2.75, 3.05) is 11.4 Å². The number of nitrogens with zero attached hydrogens (tertiary/aromatic N) is 2. The van der Waals surface area contributed by atoms with Gasteiger partial charge in [-0.05, 0) is 37.0 Å². The summed E-state index contributed by atoms with van der Waals surface area (Å²) in [4.78, 5) is 26.9. The Kier molecular flexibility index (Phi) is 3.61. The van der Waals surface area contributed by atoms with Crippen LogP contribution in [-0.2, 0) is 6.42 Å². The number of carbonyl (C=O) groups is 1. The molecule has 2 heterocycles. The van der Waals surface area contributed by atoms with Gasteiger partial charge in [0, 0.05) is 17.6 Å². The molecule has 5 heteroatoms. The molecule has 0 radical (unpaired) electrons. The van der Waals surface area contributed by atoms with Crippen molar-refractivity contribution in [3.8, 4) is 0 Å². The number of benzene rings is 2. The third-order valence-electron chi connectivity index (χ3n) is 4.50. The smallest absolute Gasteiger partial charge is 0.279 e. The van der Waals surface area contributed by atoms with Gasteiger partial charge in [0.1, 0.15) is 0 Å². The van der Waals surface area contributed by atoms with Gasteiger partial charge >= 0.3 is 0 Å². The van der Waals surface area contributed by atoms with Gasteiger partial charge in [-0.3, -0.25) is 9.59 Å². The number of aromatic amines is 1. The molecular formula is C19H17N3O2. The van der Waals surface area contributed by atoms with Gasteiger partial charge in [-0.25, -0.2) is 5.10 Å². The van der Waals surface area contributed by atoms with Gasteiger partial charge in [0.2, 0.25) is 0 Å². The molecule has 24 heavy (non-hydrogen) atoms. The topological polar surface area (TPSA) is 66.1 Å². The van der Waals surface area contributed by atoms with E-state index >= 15 is 0 Å². The second-order valence-electron chi connectivity index (χ2n) is 5.99. The monoisotopic (exact) mass is 319 g/mol. The van der Waals surface area contributed by atoms with Gasteiger partial charge in [-0.2, -0.15) is 5.10 Å². The van der Waals surface area contributed by atoms with Crippen molar-refractivity contribution in [2.45, 2.75) is 19.3 Å². The van der Waals surface area contributed by atoms with Gasteiger partial charge in [0.15, 0.2) is 5.69 Å². The fourth-order valence-corrected chi connectivity index (χ4v) is 3.31. The number of rotatable bonds is 1. The molecule has 3 aromatic rings. The molecule has 1 aromatic heterocycles. The maximum atomic E-state index is 13.2. The number of nitrogens with one attached hydrogen (secondary N) is 1. The average Bonchev–Trinajstić information content (AvgIpc) is 2.84. The number of amides is 1. The third kappa shape index (κ3) is 2.38. The Morgan fingerprint density at radius 1 is 1.00 bits per heavy atom. The maximum Gasteiger partial charge on any atom is 0.279 e. The predicted octanol–water partition coefficient (Wildman–Crippen LogP) is 2.91. The second kappa shape index (κ2) is 5.92. The van der Waals surface area contributed by atoms with Crippen molar-refractivity contribution in [3.63, 3.8) is 0 Å². The second-order valence-corrected chi connectivity index (χ2v) is 5.99. The van der Waals surface area contributed by atoms with Crippen LogP contribution in [0.5, 0.6) is 0 Å². The molecule has 0 unspecified atom stereocenters. The van der Waals surface area contributed by atoms with Gasteiger partial charge in [-0.1, -0.05) is 36.4 Å². The lowest BCUT2D eigenvalue weighted by Crippen LogP contribution is -2.33. The maximum absolute atomic E-state index is 13.2. The quantitative estimate of drug-likeness (QED) is 0.750. The molecule has 0 saturated carbocycles. The molecule has 5 nitrogen and oxygen atoms in total. The number of carbonyl (C=O) groups excluding carboxylic acids is 1. The number of aryl methyl sites for hydroxylation is 1. The van der Waals surface area contributed by atoms with Crippen LogP contribution in [0.25, 0.3) is 10.8 Å². The van der Waals surface area contributed by atoms with Gasteiger partial charge in [-0.15, -0.1) is 0 Å². The molecule has 0 saturated heterocycles. The summed E-state index contributed by atoms with van der Waals surface area (Å²) in [6, 6.07) is 15.1. The van der Waals surface area contributed by atoms with E-state index in [2.05, 4.69) is 16.3 Å². The van der Waals surface area contributed by atoms with Gasteiger partial charge in [0.05, 0.1) is 5.39 Å². The first-order valence-corrected chi connectivity index (χ1v) is 8.13. The van der Waals surface area contributed by atoms with Crippen LogP contribution in [-0.4, -0.2) is 22.6 Å². The molecule has 1 aliphatic heterocycles. The normalized spacial score (nSPS) is 14.2. The molecule has 0 aliphatic carbocycles. The first-order valence-electron chi connectivity index (χ1n) is 8.13. The Morgan fingerprint density at radius 3 is 2.62 bits per heavy atom. The van der Waals surface area contributed by atoms with Crippen molar-refractivity contribution in [3.05, 3.63) is 70.1 Å². The van der Waals surface area contributed by atoms with Crippen LogP contribution in [0.3, 0.4) is 0 Å². The van der Waals surface area contributed by atoms with Gasteiger partial charge in [0.25, 0.3) is 11.5 Å².